The molecular weight excluding hydrogens is 717 g/mol. The first-order chi connectivity index (χ1) is 26.1. The Morgan fingerprint density at radius 1 is 0.556 bits per heavy atom. The molecule has 0 fully saturated rings. The third-order valence-electron chi connectivity index (χ3n) is 10.7. The molecule has 4 heterocycles. The molecule has 0 spiro atoms. The summed E-state index contributed by atoms with van der Waals surface area (Å²) in [4.78, 5) is 60.2. The summed E-state index contributed by atoms with van der Waals surface area (Å²) in [6.07, 6.45) is 8.04. The standard InChI is InChI=1S/C44H48N2O6S2/c1-5-9-11-27(7-3)25-45-39(35-23-21-33(53-35)29-13-17-31(18-14-29)43(49)50)37-38(41(45)47)40(46(42(37)48)26-28(8-4)12-10-6-2)36-24-22-34(54-36)30-15-19-32(20-16-30)44(51)52/h13-24,27-28H,5-12,25-26H2,1-4H3,(H,49,50)(H,51,52). The third kappa shape index (κ3) is 7.86. The minimum absolute atomic E-state index is 0.149. The SMILES string of the molecule is CCCCC(CC)CN1C(=O)C2=C(c3ccc(-c4ccc(C(=O)O)cc4)s3)N(CC(CC)CCCC)C(=O)C2=C1c1ccc(-c2ccc(C(=O)O)cc2)s1. The van der Waals surface area contributed by atoms with E-state index in [0.29, 0.717) is 35.6 Å². The van der Waals surface area contributed by atoms with Gasteiger partial charge in [0, 0.05) is 22.8 Å². The summed E-state index contributed by atoms with van der Waals surface area (Å²) >= 11 is 3.01. The Hall–Kier alpha value is -4.80. The molecule has 0 radical (unpaired) electrons. The summed E-state index contributed by atoms with van der Waals surface area (Å²) in [5.41, 5.74) is 4.40. The number of fused-ring (bicyclic) bond motifs is 1. The fourth-order valence-corrected chi connectivity index (χ4v) is 9.55. The average molecular weight is 765 g/mol. The van der Waals surface area contributed by atoms with E-state index in [1.54, 1.807) is 48.5 Å². The lowest BCUT2D eigenvalue weighted by Gasteiger charge is -2.29. The molecule has 0 aliphatic carbocycles. The Labute approximate surface area is 325 Å². The van der Waals surface area contributed by atoms with Crippen LogP contribution in [0.4, 0.5) is 0 Å². The summed E-state index contributed by atoms with van der Waals surface area (Å²) in [5.74, 6) is -1.73. The predicted molar refractivity (Wildman–Crippen MR) is 217 cm³/mol. The van der Waals surface area contributed by atoms with Crippen molar-refractivity contribution in [1.29, 1.82) is 0 Å². The Morgan fingerprint density at radius 3 is 1.22 bits per heavy atom. The van der Waals surface area contributed by atoms with Crippen molar-refractivity contribution >= 4 is 57.8 Å². The van der Waals surface area contributed by atoms with Crippen molar-refractivity contribution in [3.8, 4) is 20.9 Å². The van der Waals surface area contributed by atoms with Crippen molar-refractivity contribution in [3.05, 3.63) is 105 Å². The van der Waals surface area contributed by atoms with E-state index in [4.69, 9.17) is 0 Å². The minimum Gasteiger partial charge on any atom is -0.478 e. The molecule has 0 saturated carbocycles. The number of benzene rings is 2. The third-order valence-corrected chi connectivity index (χ3v) is 12.9. The summed E-state index contributed by atoms with van der Waals surface area (Å²) in [6.45, 7) is 9.69. The van der Waals surface area contributed by atoms with E-state index in [2.05, 4.69) is 27.7 Å². The molecule has 4 aromatic rings. The van der Waals surface area contributed by atoms with Gasteiger partial charge in [-0.1, -0.05) is 90.5 Å². The normalized spacial score (nSPS) is 15.4. The van der Waals surface area contributed by atoms with E-state index in [1.807, 2.05) is 34.1 Å². The zero-order valence-corrected chi connectivity index (χ0v) is 33.0. The molecule has 2 unspecified atom stereocenters. The molecule has 10 heteroatoms. The first-order valence-corrected chi connectivity index (χ1v) is 20.7. The van der Waals surface area contributed by atoms with E-state index in [0.717, 1.165) is 82.0 Å². The number of thiophene rings is 2. The van der Waals surface area contributed by atoms with Crippen LogP contribution in [0.2, 0.25) is 0 Å². The summed E-state index contributed by atoms with van der Waals surface area (Å²) in [7, 11) is 0. The highest BCUT2D eigenvalue weighted by atomic mass is 32.1. The van der Waals surface area contributed by atoms with Gasteiger partial charge < -0.3 is 20.0 Å². The van der Waals surface area contributed by atoms with E-state index >= 15 is 0 Å². The number of carboxylic acid groups (broad SMARTS) is 2. The molecule has 2 atom stereocenters. The quantitative estimate of drug-likeness (QED) is 0.104. The highest BCUT2D eigenvalue weighted by Crippen LogP contribution is 2.50. The fourth-order valence-electron chi connectivity index (χ4n) is 7.40. The van der Waals surface area contributed by atoms with Gasteiger partial charge in [-0.25, -0.2) is 9.59 Å². The second-order valence-corrected chi connectivity index (χ2v) is 16.4. The van der Waals surface area contributed by atoms with Crippen LogP contribution in [0.5, 0.6) is 0 Å². The van der Waals surface area contributed by atoms with Crippen LogP contribution in [0.3, 0.4) is 0 Å². The lowest BCUT2D eigenvalue weighted by Crippen LogP contribution is -2.34. The van der Waals surface area contributed by atoms with Gasteiger partial charge in [-0.15, -0.1) is 22.7 Å². The topological polar surface area (TPSA) is 115 Å². The molecule has 2 amide bonds. The summed E-state index contributed by atoms with van der Waals surface area (Å²) in [6, 6.07) is 21.5. The van der Waals surface area contributed by atoms with Gasteiger partial charge in [0.25, 0.3) is 11.8 Å². The van der Waals surface area contributed by atoms with Crippen LogP contribution in [0.15, 0.2) is 83.9 Å². The molecule has 0 bridgehead atoms. The second kappa shape index (κ2) is 17.1. The number of nitrogens with zero attached hydrogens (tertiary/aromatic N) is 2. The molecule has 6 rings (SSSR count). The van der Waals surface area contributed by atoms with Crippen LogP contribution < -0.4 is 0 Å². The summed E-state index contributed by atoms with van der Waals surface area (Å²) < 4.78 is 0. The van der Waals surface area contributed by atoms with E-state index in [-0.39, 0.29) is 34.8 Å². The number of hydrogen-bond acceptors (Lipinski definition) is 6. The van der Waals surface area contributed by atoms with Gasteiger partial charge in [0.1, 0.15) is 0 Å². The number of unbranched alkanes of at least 4 members (excludes halogenated alkanes) is 2. The van der Waals surface area contributed by atoms with Gasteiger partial charge >= 0.3 is 11.9 Å². The molecule has 2 aliphatic heterocycles. The predicted octanol–water partition coefficient (Wildman–Crippen LogP) is 10.8. The maximum atomic E-state index is 15.0. The number of rotatable bonds is 18. The molecule has 282 valence electrons. The van der Waals surface area contributed by atoms with Crippen LogP contribution >= 0.6 is 22.7 Å². The second-order valence-electron chi connectivity index (χ2n) is 14.2. The van der Waals surface area contributed by atoms with Gasteiger partial charge in [-0.2, -0.15) is 0 Å². The maximum absolute atomic E-state index is 15.0. The smallest absolute Gasteiger partial charge is 0.335 e. The monoisotopic (exact) mass is 764 g/mol. The van der Waals surface area contributed by atoms with Crippen molar-refractivity contribution in [2.24, 2.45) is 11.8 Å². The van der Waals surface area contributed by atoms with Gasteiger partial charge in [0.2, 0.25) is 0 Å². The van der Waals surface area contributed by atoms with Gasteiger partial charge in [0.15, 0.2) is 0 Å². The zero-order chi connectivity index (χ0) is 38.5. The Bertz CT molecular complexity index is 1940. The van der Waals surface area contributed by atoms with Crippen LogP contribution in [-0.4, -0.2) is 56.9 Å². The lowest BCUT2D eigenvalue weighted by molar-refractivity contribution is -0.124. The van der Waals surface area contributed by atoms with Crippen molar-refractivity contribution in [2.75, 3.05) is 13.1 Å². The van der Waals surface area contributed by atoms with Crippen LogP contribution in [0.1, 0.15) is 110 Å². The molecular formula is C44H48N2O6S2. The summed E-state index contributed by atoms with van der Waals surface area (Å²) in [5, 5.41) is 18.9. The Balaban J connectivity index is 1.50. The highest BCUT2D eigenvalue weighted by Gasteiger charge is 2.50. The first kappa shape index (κ1) is 38.9. The van der Waals surface area contributed by atoms with Crippen LogP contribution in [0.25, 0.3) is 32.3 Å². The number of aromatic carboxylic acids is 2. The number of hydrogen-bond donors (Lipinski definition) is 2. The van der Waals surface area contributed by atoms with Gasteiger partial charge in [0.05, 0.1) is 43.4 Å². The van der Waals surface area contributed by atoms with E-state index in [1.165, 1.54) is 22.7 Å². The zero-order valence-electron chi connectivity index (χ0n) is 31.4. The minimum atomic E-state index is -0.984. The Kier molecular flexibility index (Phi) is 12.3. The Morgan fingerprint density at radius 2 is 0.907 bits per heavy atom. The lowest BCUT2D eigenvalue weighted by atomic mass is 9.98. The van der Waals surface area contributed by atoms with Crippen molar-refractivity contribution in [2.45, 2.75) is 79.1 Å². The number of carbonyl (C=O) groups is 4. The molecule has 2 aliphatic rings. The maximum Gasteiger partial charge on any atom is 0.335 e. The number of carbonyl (C=O) groups excluding carboxylic acids is 2. The van der Waals surface area contributed by atoms with E-state index < -0.39 is 11.9 Å². The molecule has 2 aromatic carbocycles. The molecule has 8 nitrogen and oxygen atoms in total. The average Bonchev–Trinajstić information content (AvgIpc) is 3.97. The van der Waals surface area contributed by atoms with Crippen LogP contribution in [0, 0.1) is 11.8 Å². The molecule has 54 heavy (non-hydrogen) atoms. The number of carboxylic acids is 2. The van der Waals surface area contributed by atoms with Crippen molar-refractivity contribution in [3.63, 3.8) is 0 Å². The van der Waals surface area contributed by atoms with Gasteiger partial charge in [-0.3, -0.25) is 9.59 Å². The van der Waals surface area contributed by atoms with E-state index in [9.17, 15) is 29.4 Å². The van der Waals surface area contributed by atoms with Crippen molar-refractivity contribution in [1.82, 2.24) is 9.80 Å². The molecule has 2 aromatic heterocycles. The molecule has 0 saturated heterocycles. The highest BCUT2D eigenvalue weighted by molar-refractivity contribution is 7.17. The fraction of sp³-hybridized carbons (Fsp3) is 0.364. The van der Waals surface area contributed by atoms with Crippen LogP contribution in [-0.2, 0) is 9.59 Å². The van der Waals surface area contributed by atoms with Crippen molar-refractivity contribution < 1.29 is 29.4 Å². The van der Waals surface area contributed by atoms with Gasteiger partial charge in [-0.05, 0) is 84.3 Å². The first-order valence-electron chi connectivity index (χ1n) is 19.1. The number of amides is 2. The molecule has 2 N–H and O–H groups in total. The largest absolute Gasteiger partial charge is 0.478 e.